The normalized spacial score (nSPS) is 19.6. The van der Waals surface area contributed by atoms with Gasteiger partial charge in [-0.15, -0.1) is 0 Å². The number of rotatable bonds is 7. The summed E-state index contributed by atoms with van der Waals surface area (Å²) in [7, 11) is 0. The van der Waals surface area contributed by atoms with Crippen LogP contribution in [0.5, 0.6) is 5.75 Å². The molecule has 2 aromatic rings. The van der Waals surface area contributed by atoms with E-state index in [1.165, 1.54) is 6.07 Å². The first-order chi connectivity index (χ1) is 14.0. The van der Waals surface area contributed by atoms with Crippen LogP contribution in [-0.2, 0) is 6.42 Å². The van der Waals surface area contributed by atoms with Crippen LogP contribution >= 0.6 is 0 Å². The predicted octanol–water partition coefficient (Wildman–Crippen LogP) is 7.44. The van der Waals surface area contributed by atoms with Crippen LogP contribution in [0.4, 0.5) is 13.2 Å². The van der Waals surface area contributed by atoms with Crippen LogP contribution in [0.25, 0.3) is 6.08 Å². The molecule has 0 unspecified atom stereocenters. The standard InChI is InChI=1S/C25H29F3O/c1-3-5-20-13-10-18(16-22(20)26)7-6-17-8-11-19(12-9-17)21-14-15-23(29-4-2)25(28)24(21)27/h3,5,10,13-17,19H,4,6-9,11-12H2,1-2H3. The summed E-state index contributed by atoms with van der Waals surface area (Å²) < 4.78 is 47.8. The number of hydrogen-bond acceptors (Lipinski definition) is 1. The second-order valence-corrected chi connectivity index (χ2v) is 7.83. The molecule has 156 valence electrons. The molecule has 1 aliphatic rings. The first-order valence-corrected chi connectivity index (χ1v) is 10.5. The number of ether oxygens (including phenoxy) is 1. The smallest absolute Gasteiger partial charge is 0.200 e. The van der Waals surface area contributed by atoms with Crippen LogP contribution in [0.3, 0.4) is 0 Å². The average Bonchev–Trinajstić information content (AvgIpc) is 2.73. The Kier molecular flexibility index (Phi) is 7.40. The van der Waals surface area contributed by atoms with E-state index in [0.29, 0.717) is 23.7 Å². The summed E-state index contributed by atoms with van der Waals surface area (Å²) in [6.07, 6.45) is 9.10. The van der Waals surface area contributed by atoms with Gasteiger partial charge in [-0.1, -0.05) is 30.4 Å². The van der Waals surface area contributed by atoms with E-state index in [-0.39, 0.29) is 17.5 Å². The summed E-state index contributed by atoms with van der Waals surface area (Å²) in [5.41, 5.74) is 2.09. The third-order valence-electron chi connectivity index (χ3n) is 5.92. The van der Waals surface area contributed by atoms with Crippen molar-refractivity contribution in [2.75, 3.05) is 6.61 Å². The van der Waals surface area contributed by atoms with Crippen LogP contribution in [0, 0.1) is 23.4 Å². The SMILES string of the molecule is CC=Cc1ccc(CCC2CCC(c3ccc(OCC)c(F)c3F)CC2)cc1F. The van der Waals surface area contributed by atoms with Gasteiger partial charge in [0.15, 0.2) is 11.6 Å². The van der Waals surface area contributed by atoms with Crippen LogP contribution in [0.15, 0.2) is 36.4 Å². The molecule has 0 N–H and O–H groups in total. The Morgan fingerprint density at radius 2 is 1.76 bits per heavy atom. The number of allylic oxidation sites excluding steroid dienone is 1. The molecule has 0 atom stereocenters. The van der Waals surface area contributed by atoms with E-state index in [1.807, 2.05) is 25.1 Å². The van der Waals surface area contributed by atoms with Crippen LogP contribution in [0.1, 0.15) is 68.6 Å². The van der Waals surface area contributed by atoms with E-state index in [4.69, 9.17) is 4.74 Å². The van der Waals surface area contributed by atoms with Gasteiger partial charge in [-0.3, -0.25) is 0 Å². The Morgan fingerprint density at radius 1 is 1.00 bits per heavy atom. The Labute approximate surface area is 171 Å². The number of hydrogen-bond donors (Lipinski definition) is 0. The van der Waals surface area contributed by atoms with Gasteiger partial charge in [0.05, 0.1) is 6.61 Å². The molecule has 0 saturated heterocycles. The van der Waals surface area contributed by atoms with Gasteiger partial charge >= 0.3 is 0 Å². The topological polar surface area (TPSA) is 9.23 Å². The average molecular weight is 403 g/mol. The van der Waals surface area contributed by atoms with E-state index in [0.717, 1.165) is 44.1 Å². The molecule has 0 spiro atoms. The van der Waals surface area contributed by atoms with Crippen molar-refractivity contribution in [1.82, 2.24) is 0 Å². The molecule has 0 amide bonds. The molecule has 0 heterocycles. The third-order valence-corrected chi connectivity index (χ3v) is 5.92. The van der Waals surface area contributed by atoms with Crippen molar-refractivity contribution < 1.29 is 17.9 Å². The molecule has 1 aliphatic carbocycles. The fourth-order valence-corrected chi connectivity index (χ4v) is 4.30. The van der Waals surface area contributed by atoms with Gasteiger partial charge in [-0.25, -0.2) is 8.78 Å². The molecule has 0 radical (unpaired) electrons. The molecule has 4 heteroatoms. The Morgan fingerprint density at radius 3 is 2.41 bits per heavy atom. The molecule has 0 aliphatic heterocycles. The van der Waals surface area contributed by atoms with Crippen molar-refractivity contribution in [2.24, 2.45) is 5.92 Å². The second kappa shape index (κ2) is 10.00. The molecule has 0 bridgehead atoms. The van der Waals surface area contributed by atoms with Crippen molar-refractivity contribution in [3.05, 3.63) is 70.5 Å². The number of aryl methyl sites for hydroxylation is 1. The first kappa shape index (κ1) is 21.5. The van der Waals surface area contributed by atoms with Crippen molar-refractivity contribution >= 4 is 6.08 Å². The highest BCUT2D eigenvalue weighted by Gasteiger charge is 2.26. The molecule has 29 heavy (non-hydrogen) atoms. The largest absolute Gasteiger partial charge is 0.491 e. The summed E-state index contributed by atoms with van der Waals surface area (Å²) in [6.45, 7) is 3.93. The summed E-state index contributed by atoms with van der Waals surface area (Å²) in [4.78, 5) is 0. The maximum atomic E-state index is 14.5. The van der Waals surface area contributed by atoms with Gasteiger partial charge in [0.25, 0.3) is 0 Å². The van der Waals surface area contributed by atoms with Gasteiger partial charge in [0, 0.05) is 5.56 Å². The molecule has 1 nitrogen and oxygen atoms in total. The maximum Gasteiger partial charge on any atom is 0.200 e. The van der Waals surface area contributed by atoms with E-state index in [9.17, 15) is 13.2 Å². The highest BCUT2D eigenvalue weighted by atomic mass is 19.2. The van der Waals surface area contributed by atoms with Gasteiger partial charge in [-0.05, 0) is 87.5 Å². The lowest BCUT2D eigenvalue weighted by Gasteiger charge is -2.29. The van der Waals surface area contributed by atoms with E-state index in [1.54, 1.807) is 25.1 Å². The van der Waals surface area contributed by atoms with Gasteiger partial charge in [0.1, 0.15) is 5.82 Å². The molecular formula is C25H29F3O. The molecule has 1 saturated carbocycles. The zero-order valence-corrected chi connectivity index (χ0v) is 17.2. The number of benzene rings is 2. The van der Waals surface area contributed by atoms with Crippen LogP contribution in [0.2, 0.25) is 0 Å². The van der Waals surface area contributed by atoms with Gasteiger partial charge < -0.3 is 4.74 Å². The van der Waals surface area contributed by atoms with Crippen molar-refractivity contribution in [2.45, 2.75) is 58.3 Å². The lowest BCUT2D eigenvalue weighted by Crippen LogP contribution is -2.15. The fraction of sp³-hybridized carbons (Fsp3) is 0.440. The quantitative estimate of drug-likeness (QED) is 0.467. The summed E-state index contributed by atoms with van der Waals surface area (Å²) in [5.74, 6) is -1.26. The van der Waals surface area contributed by atoms with E-state index < -0.39 is 11.6 Å². The van der Waals surface area contributed by atoms with E-state index in [2.05, 4.69) is 0 Å². The van der Waals surface area contributed by atoms with Crippen molar-refractivity contribution in [3.63, 3.8) is 0 Å². The first-order valence-electron chi connectivity index (χ1n) is 10.5. The molecule has 1 fully saturated rings. The van der Waals surface area contributed by atoms with Crippen molar-refractivity contribution in [1.29, 1.82) is 0 Å². The highest BCUT2D eigenvalue weighted by Crippen LogP contribution is 2.40. The third kappa shape index (κ3) is 5.23. The summed E-state index contributed by atoms with van der Waals surface area (Å²) >= 11 is 0. The Balaban J connectivity index is 1.54. The lowest BCUT2D eigenvalue weighted by atomic mass is 9.76. The fourth-order valence-electron chi connectivity index (χ4n) is 4.30. The minimum absolute atomic E-state index is 0.0184. The molecular weight excluding hydrogens is 373 g/mol. The van der Waals surface area contributed by atoms with Gasteiger partial charge in [-0.2, -0.15) is 4.39 Å². The maximum absolute atomic E-state index is 14.5. The monoisotopic (exact) mass is 402 g/mol. The number of halogens is 3. The minimum atomic E-state index is -0.880. The predicted molar refractivity (Wildman–Crippen MR) is 112 cm³/mol. The Bertz CT molecular complexity index is 851. The van der Waals surface area contributed by atoms with Gasteiger partial charge in [0.2, 0.25) is 5.82 Å². The molecule has 0 aromatic heterocycles. The lowest BCUT2D eigenvalue weighted by molar-refractivity contribution is 0.297. The Hall–Kier alpha value is -2.23. The van der Waals surface area contributed by atoms with Crippen LogP contribution < -0.4 is 4.74 Å². The zero-order chi connectivity index (χ0) is 20.8. The zero-order valence-electron chi connectivity index (χ0n) is 17.2. The second-order valence-electron chi connectivity index (χ2n) is 7.83. The molecule has 2 aromatic carbocycles. The summed E-state index contributed by atoms with van der Waals surface area (Å²) in [6, 6.07) is 8.64. The summed E-state index contributed by atoms with van der Waals surface area (Å²) in [5, 5.41) is 0. The minimum Gasteiger partial charge on any atom is -0.491 e. The van der Waals surface area contributed by atoms with Crippen molar-refractivity contribution in [3.8, 4) is 5.75 Å². The molecule has 3 rings (SSSR count). The highest BCUT2D eigenvalue weighted by molar-refractivity contribution is 5.50. The van der Waals surface area contributed by atoms with E-state index >= 15 is 0 Å². The van der Waals surface area contributed by atoms with Crippen LogP contribution in [-0.4, -0.2) is 6.61 Å².